The summed E-state index contributed by atoms with van der Waals surface area (Å²) in [6.45, 7) is 4.01. The Hall–Kier alpha value is -4.92. The Bertz CT molecular complexity index is 1790. The molecule has 1 amide bonds. The third kappa shape index (κ3) is 4.50. The lowest BCUT2D eigenvalue weighted by atomic mass is 10.0. The lowest BCUT2D eigenvalue weighted by molar-refractivity contribution is -0.116. The Morgan fingerprint density at radius 1 is 1.03 bits per heavy atom. The highest BCUT2D eigenvalue weighted by Gasteiger charge is 2.16. The average Bonchev–Trinajstić information content (AvgIpc) is 3.52. The van der Waals surface area contributed by atoms with Gasteiger partial charge in [0.2, 0.25) is 5.91 Å². The second-order valence-electron chi connectivity index (χ2n) is 9.58. The fourth-order valence-corrected chi connectivity index (χ4v) is 4.51. The minimum Gasteiger partial charge on any atom is -0.338 e. The van der Waals surface area contributed by atoms with Crippen LogP contribution in [0.25, 0.3) is 55.8 Å². The van der Waals surface area contributed by atoms with Crippen LogP contribution in [0.15, 0.2) is 73.2 Å². The van der Waals surface area contributed by atoms with Crippen molar-refractivity contribution in [3.8, 4) is 33.8 Å². The van der Waals surface area contributed by atoms with Gasteiger partial charge in [0.15, 0.2) is 0 Å². The van der Waals surface area contributed by atoms with Gasteiger partial charge in [-0.1, -0.05) is 26.0 Å². The Balaban J connectivity index is 1.38. The normalized spacial score (nSPS) is 11.5. The molecule has 0 fully saturated rings. The molecule has 0 aliphatic carbocycles. The highest BCUT2D eigenvalue weighted by molar-refractivity contribution is 5.99. The van der Waals surface area contributed by atoms with Gasteiger partial charge in [0, 0.05) is 29.8 Å². The molecule has 0 unspecified atom stereocenters. The van der Waals surface area contributed by atoms with Crippen molar-refractivity contribution in [3.63, 3.8) is 0 Å². The Morgan fingerprint density at radius 2 is 1.87 bits per heavy atom. The van der Waals surface area contributed by atoms with E-state index < -0.39 is 0 Å². The maximum absolute atomic E-state index is 13.5. The van der Waals surface area contributed by atoms with Crippen LogP contribution in [0.1, 0.15) is 20.3 Å². The number of aromatic nitrogens is 6. The minimum atomic E-state index is -0.280. The number of aromatic amines is 2. The first-order chi connectivity index (χ1) is 18.4. The van der Waals surface area contributed by atoms with Gasteiger partial charge in [0.25, 0.3) is 0 Å². The Kier molecular flexibility index (Phi) is 5.88. The van der Waals surface area contributed by atoms with E-state index in [1.165, 1.54) is 12.1 Å². The van der Waals surface area contributed by atoms with Gasteiger partial charge in [-0.2, -0.15) is 5.10 Å². The summed E-state index contributed by atoms with van der Waals surface area (Å²) in [5, 5.41) is 11.4. The molecular weight excluding hydrogens is 481 g/mol. The molecule has 0 bridgehead atoms. The zero-order valence-electron chi connectivity index (χ0n) is 20.8. The number of carbonyl (C=O) groups excluding carboxylic acids is 1. The monoisotopic (exact) mass is 505 g/mol. The van der Waals surface area contributed by atoms with Crippen molar-refractivity contribution in [1.82, 2.24) is 30.1 Å². The van der Waals surface area contributed by atoms with Gasteiger partial charge in [-0.15, -0.1) is 0 Å². The van der Waals surface area contributed by atoms with E-state index in [1.54, 1.807) is 30.7 Å². The molecule has 3 N–H and O–H groups in total. The fourth-order valence-electron chi connectivity index (χ4n) is 4.51. The van der Waals surface area contributed by atoms with Crippen molar-refractivity contribution in [2.45, 2.75) is 20.3 Å². The van der Waals surface area contributed by atoms with Crippen molar-refractivity contribution < 1.29 is 9.18 Å². The van der Waals surface area contributed by atoms with Gasteiger partial charge in [-0.25, -0.2) is 14.4 Å². The van der Waals surface area contributed by atoms with Crippen molar-refractivity contribution in [1.29, 1.82) is 0 Å². The predicted molar refractivity (Wildman–Crippen MR) is 146 cm³/mol. The molecule has 5 aromatic heterocycles. The molecular formula is C29H24FN7O. The molecule has 0 radical (unpaired) electrons. The topological polar surface area (TPSA) is 112 Å². The van der Waals surface area contributed by atoms with Gasteiger partial charge >= 0.3 is 0 Å². The zero-order chi connectivity index (χ0) is 26.2. The van der Waals surface area contributed by atoms with E-state index in [-0.39, 0.29) is 17.6 Å². The highest BCUT2D eigenvalue weighted by Crippen LogP contribution is 2.33. The molecule has 5 heterocycles. The van der Waals surface area contributed by atoms with E-state index in [4.69, 9.17) is 4.98 Å². The largest absolute Gasteiger partial charge is 0.338 e. The summed E-state index contributed by atoms with van der Waals surface area (Å²) in [5.74, 6) is -0.0643. The number of nitrogens with zero attached hydrogens (tertiary/aromatic N) is 4. The van der Waals surface area contributed by atoms with Gasteiger partial charge in [-0.05, 0) is 59.5 Å². The lowest BCUT2D eigenvalue weighted by Crippen LogP contribution is -2.13. The lowest BCUT2D eigenvalue weighted by Gasteiger charge is -2.08. The predicted octanol–water partition coefficient (Wildman–Crippen LogP) is 6.35. The number of hydrogen-bond acceptors (Lipinski definition) is 5. The van der Waals surface area contributed by atoms with E-state index in [9.17, 15) is 9.18 Å². The van der Waals surface area contributed by atoms with Crippen LogP contribution in [0.2, 0.25) is 0 Å². The van der Waals surface area contributed by atoms with Gasteiger partial charge < -0.3 is 10.3 Å². The maximum Gasteiger partial charge on any atom is 0.224 e. The smallest absolute Gasteiger partial charge is 0.224 e. The molecule has 6 aromatic rings. The molecule has 0 aliphatic rings. The first-order valence-electron chi connectivity index (χ1n) is 12.3. The second-order valence-corrected chi connectivity index (χ2v) is 9.58. The van der Waals surface area contributed by atoms with Gasteiger partial charge in [-0.3, -0.25) is 14.9 Å². The van der Waals surface area contributed by atoms with E-state index in [2.05, 4.69) is 30.5 Å². The van der Waals surface area contributed by atoms with Crippen LogP contribution < -0.4 is 5.32 Å². The number of rotatable bonds is 6. The molecule has 0 aliphatic heterocycles. The van der Waals surface area contributed by atoms with Crippen molar-refractivity contribution in [2.24, 2.45) is 5.92 Å². The quantitative estimate of drug-likeness (QED) is 0.244. The number of anilines is 1. The number of fused-ring (bicyclic) bond motifs is 2. The molecule has 0 saturated carbocycles. The molecule has 0 atom stereocenters. The van der Waals surface area contributed by atoms with Crippen molar-refractivity contribution >= 4 is 33.7 Å². The summed E-state index contributed by atoms with van der Waals surface area (Å²) >= 11 is 0. The van der Waals surface area contributed by atoms with E-state index >= 15 is 0 Å². The number of benzene rings is 1. The summed E-state index contributed by atoms with van der Waals surface area (Å²) < 4.78 is 13.5. The molecule has 38 heavy (non-hydrogen) atoms. The standard InChI is InChI=1S/C29H24FN7O/c1-16(2)11-26(38)33-20-12-18(14-31-15-20)23-7-8-24-27(34-23)28(37-36-24)25-13-22-21(9-10-32-29(22)35-25)17-3-5-19(30)6-4-17/h3-10,12-16H,11H2,1-2H3,(H,32,35)(H,33,38)(H,36,37). The summed E-state index contributed by atoms with van der Waals surface area (Å²) in [6.07, 6.45) is 5.50. The van der Waals surface area contributed by atoms with Gasteiger partial charge in [0.05, 0.1) is 28.8 Å². The van der Waals surface area contributed by atoms with E-state index in [0.29, 0.717) is 34.7 Å². The summed E-state index contributed by atoms with van der Waals surface area (Å²) in [7, 11) is 0. The number of nitrogens with one attached hydrogen (secondary N) is 3. The number of halogens is 1. The first-order valence-corrected chi connectivity index (χ1v) is 12.3. The number of pyridine rings is 3. The Morgan fingerprint density at radius 3 is 2.68 bits per heavy atom. The van der Waals surface area contributed by atoms with Crippen LogP contribution >= 0.6 is 0 Å². The third-order valence-electron chi connectivity index (χ3n) is 6.26. The maximum atomic E-state index is 13.5. The average molecular weight is 506 g/mol. The number of carbonyl (C=O) groups is 1. The number of H-pyrrole nitrogens is 2. The molecule has 8 nitrogen and oxygen atoms in total. The van der Waals surface area contributed by atoms with Crippen LogP contribution in [0.3, 0.4) is 0 Å². The fraction of sp³-hybridized carbons (Fsp3) is 0.138. The second kappa shape index (κ2) is 9.51. The van der Waals surface area contributed by atoms with Crippen LogP contribution in [-0.4, -0.2) is 36.0 Å². The summed E-state index contributed by atoms with van der Waals surface area (Å²) in [4.78, 5) is 29.2. The Labute approximate surface area is 217 Å². The van der Waals surface area contributed by atoms with Gasteiger partial charge in [0.1, 0.15) is 22.7 Å². The van der Waals surface area contributed by atoms with Crippen LogP contribution in [-0.2, 0) is 4.79 Å². The minimum absolute atomic E-state index is 0.0492. The first kappa shape index (κ1) is 23.5. The van der Waals surface area contributed by atoms with Crippen LogP contribution in [0.5, 0.6) is 0 Å². The zero-order valence-corrected chi connectivity index (χ0v) is 20.8. The molecule has 9 heteroatoms. The van der Waals surface area contributed by atoms with Crippen molar-refractivity contribution in [3.05, 3.63) is 79.0 Å². The van der Waals surface area contributed by atoms with Crippen molar-refractivity contribution in [2.75, 3.05) is 5.32 Å². The number of hydrogen-bond donors (Lipinski definition) is 3. The molecule has 0 spiro atoms. The molecule has 6 rings (SSSR count). The highest BCUT2D eigenvalue weighted by atomic mass is 19.1. The molecule has 1 aromatic carbocycles. The van der Waals surface area contributed by atoms with E-state index in [0.717, 1.165) is 33.3 Å². The number of amides is 1. The molecule has 188 valence electrons. The van der Waals surface area contributed by atoms with Crippen LogP contribution in [0.4, 0.5) is 10.1 Å². The van der Waals surface area contributed by atoms with E-state index in [1.807, 2.05) is 44.2 Å². The summed E-state index contributed by atoms with van der Waals surface area (Å²) in [5.41, 5.74) is 7.51. The third-order valence-corrected chi connectivity index (χ3v) is 6.26. The van der Waals surface area contributed by atoms with Crippen LogP contribution in [0, 0.1) is 11.7 Å². The summed E-state index contributed by atoms with van der Waals surface area (Å²) in [6, 6.07) is 16.0. The molecule has 0 saturated heterocycles. The SMILES string of the molecule is CC(C)CC(=O)Nc1cncc(-c2ccc3[nH]nc(-c4cc5c(-c6ccc(F)cc6)ccnc5[nH]4)c3n2)c1.